The van der Waals surface area contributed by atoms with E-state index in [1.54, 1.807) is 15.7 Å². The van der Waals surface area contributed by atoms with Crippen LogP contribution in [-0.2, 0) is 13.5 Å². The number of hydrogen-bond acceptors (Lipinski definition) is 6. The van der Waals surface area contributed by atoms with Gasteiger partial charge in [0.25, 0.3) is 0 Å². The fraction of sp³-hybridized carbons (Fsp3) is 0.222. The first-order valence-electron chi connectivity index (χ1n) is 8.22. The fourth-order valence-corrected chi connectivity index (χ4v) is 3.31. The molecule has 0 saturated heterocycles. The maximum Gasteiger partial charge on any atom is 0.224 e. The van der Waals surface area contributed by atoms with E-state index in [1.165, 1.54) is 6.33 Å². The molecule has 0 amide bonds. The Morgan fingerprint density at radius 2 is 2.08 bits per heavy atom. The summed E-state index contributed by atoms with van der Waals surface area (Å²) in [6, 6.07) is 10.0. The molecule has 0 bridgehead atoms. The molecule has 3 aromatic rings. The number of rotatable bonds is 3. The topological polar surface area (TPSA) is 108 Å². The van der Waals surface area contributed by atoms with Crippen molar-refractivity contribution >= 4 is 0 Å². The van der Waals surface area contributed by atoms with Crippen LogP contribution in [0.15, 0.2) is 48.4 Å². The van der Waals surface area contributed by atoms with Gasteiger partial charge >= 0.3 is 0 Å². The van der Waals surface area contributed by atoms with E-state index in [9.17, 15) is 5.26 Å². The van der Waals surface area contributed by atoms with E-state index < -0.39 is 0 Å². The first-order valence-corrected chi connectivity index (χ1v) is 8.22. The van der Waals surface area contributed by atoms with Crippen LogP contribution in [0.1, 0.15) is 29.7 Å². The van der Waals surface area contributed by atoms with Crippen LogP contribution in [0.5, 0.6) is 5.88 Å². The number of nitriles is 1. The lowest BCUT2D eigenvalue weighted by Gasteiger charge is -2.24. The molecule has 0 saturated carbocycles. The van der Waals surface area contributed by atoms with Crippen LogP contribution in [0.4, 0.5) is 0 Å². The van der Waals surface area contributed by atoms with Crippen molar-refractivity contribution in [2.45, 2.75) is 19.3 Å². The lowest BCUT2D eigenvalue weighted by molar-refractivity contribution is 0.358. The van der Waals surface area contributed by atoms with Gasteiger partial charge < -0.3 is 10.5 Å². The van der Waals surface area contributed by atoms with E-state index in [0.717, 1.165) is 28.9 Å². The number of aryl methyl sites for hydroxylation is 2. The Morgan fingerprint density at radius 1 is 1.31 bits per heavy atom. The van der Waals surface area contributed by atoms with Crippen LogP contribution >= 0.6 is 0 Å². The van der Waals surface area contributed by atoms with Crippen molar-refractivity contribution in [1.29, 1.82) is 5.26 Å². The van der Waals surface area contributed by atoms with E-state index in [4.69, 9.17) is 10.5 Å². The van der Waals surface area contributed by atoms with E-state index in [-0.39, 0.29) is 11.8 Å². The van der Waals surface area contributed by atoms with Gasteiger partial charge in [0.1, 0.15) is 24.3 Å². The number of aromatic nitrogens is 5. The van der Waals surface area contributed by atoms with Gasteiger partial charge in [-0.2, -0.15) is 15.5 Å². The first kappa shape index (κ1) is 15.9. The molecule has 0 fully saturated rings. The number of benzene rings is 1. The normalized spacial score (nSPS) is 16.1. The molecular weight excluding hydrogens is 330 g/mol. The van der Waals surface area contributed by atoms with Crippen LogP contribution < -0.4 is 10.5 Å². The van der Waals surface area contributed by atoms with Crippen LogP contribution in [0.25, 0.3) is 5.69 Å². The van der Waals surface area contributed by atoms with Crippen molar-refractivity contribution in [3.8, 4) is 17.6 Å². The summed E-state index contributed by atoms with van der Waals surface area (Å²) >= 11 is 0. The summed E-state index contributed by atoms with van der Waals surface area (Å²) in [5.41, 5.74) is 10.1. The molecule has 8 nitrogen and oxygen atoms in total. The van der Waals surface area contributed by atoms with Crippen LogP contribution in [0, 0.1) is 11.3 Å². The Bertz CT molecular complexity index is 1020. The summed E-state index contributed by atoms with van der Waals surface area (Å²) in [7, 11) is 1.81. The molecule has 1 aliphatic rings. The monoisotopic (exact) mass is 347 g/mol. The maximum atomic E-state index is 9.68. The van der Waals surface area contributed by atoms with Crippen molar-refractivity contribution in [2.75, 3.05) is 0 Å². The zero-order valence-corrected chi connectivity index (χ0v) is 14.4. The quantitative estimate of drug-likeness (QED) is 0.774. The van der Waals surface area contributed by atoms with Gasteiger partial charge in [-0.3, -0.25) is 0 Å². The second kappa shape index (κ2) is 6.04. The molecule has 0 radical (unpaired) electrons. The lowest BCUT2D eigenvalue weighted by Crippen LogP contribution is -2.22. The Balaban J connectivity index is 1.85. The molecule has 1 aliphatic heterocycles. The number of hydrogen-bond donors (Lipinski definition) is 1. The lowest BCUT2D eigenvalue weighted by atomic mass is 9.83. The minimum atomic E-state index is -0.308. The fourth-order valence-electron chi connectivity index (χ4n) is 3.31. The molecule has 8 heteroatoms. The van der Waals surface area contributed by atoms with Gasteiger partial charge in [-0.1, -0.05) is 19.1 Å². The number of allylic oxidation sites excluding steroid dienone is 1. The van der Waals surface area contributed by atoms with Gasteiger partial charge in [0.2, 0.25) is 11.8 Å². The van der Waals surface area contributed by atoms with E-state index in [2.05, 4.69) is 21.3 Å². The number of nitrogens with zero attached hydrogens (tertiary/aromatic N) is 6. The molecule has 2 N–H and O–H groups in total. The smallest absolute Gasteiger partial charge is 0.224 e. The van der Waals surface area contributed by atoms with Gasteiger partial charge in [0, 0.05) is 7.05 Å². The molecule has 1 unspecified atom stereocenters. The second-order valence-electron chi connectivity index (χ2n) is 6.00. The third kappa shape index (κ3) is 2.33. The molecule has 3 heterocycles. The summed E-state index contributed by atoms with van der Waals surface area (Å²) in [5.74, 6) is 0.400. The third-order valence-electron chi connectivity index (χ3n) is 4.52. The summed E-state index contributed by atoms with van der Waals surface area (Å²) in [5, 5.41) is 18.3. The first-order chi connectivity index (χ1) is 12.6. The molecule has 2 aromatic heterocycles. The summed E-state index contributed by atoms with van der Waals surface area (Å²) in [6.07, 6.45) is 3.86. The minimum absolute atomic E-state index is 0.121. The highest BCUT2D eigenvalue weighted by molar-refractivity contribution is 5.56. The largest absolute Gasteiger partial charge is 0.422 e. The molecule has 0 spiro atoms. The van der Waals surface area contributed by atoms with Crippen LogP contribution in [-0.4, -0.2) is 24.5 Å². The second-order valence-corrected chi connectivity index (χ2v) is 6.00. The van der Waals surface area contributed by atoms with Crippen molar-refractivity contribution in [3.63, 3.8) is 0 Å². The number of fused-ring (bicyclic) bond motifs is 1. The minimum Gasteiger partial charge on any atom is -0.422 e. The maximum absolute atomic E-state index is 9.68. The molecule has 0 aliphatic carbocycles. The third-order valence-corrected chi connectivity index (χ3v) is 4.52. The average molecular weight is 347 g/mol. The SMILES string of the molecule is CCc1nn(C)c2c1C(c1ccc(-n3cncn3)cc1)C(C#N)=C(N)O2. The molecule has 1 aromatic carbocycles. The predicted octanol–water partition coefficient (Wildman–Crippen LogP) is 1.78. The summed E-state index contributed by atoms with van der Waals surface area (Å²) < 4.78 is 9.05. The summed E-state index contributed by atoms with van der Waals surface area (Å²) in [4.78, 5) is 3.96. The number of ether oxygens (including phenoxy) is 1. The highest BCUT2D eigenvalue weighted by Gasteiger charge is 2.35. The van der Waals surface area contributed by atoms with Gasteiger partial charge in [-0.25, -0.2) is 14.3 Å². The van der Waals surface area contributed by atoms with Crippen molar-refractivity contribution in [3.05, 3.63) is 65.2 Å². The number of nitrogens with two attached hydrogens (primary N) is 1. The van der Waals surface area contributed by atoms with Gasteiger partial charge in [0.15, 0.2) is 0 Å². The van der Waals surface area contributed by atoms with E-state index in [1.807, 2.05) is 38.2 Å². The Morgan fingerprint density at radius 3 is 2.69 bits per heavy atom. The molecule has 4 rings (SSSR count). The van der Waals surface area contributed by atoms with Gasteiger partial charge in [0.05, 0.1) is 22.9 Å². The van der Waals surface area contributed by atoms with Crippen molar-refractivity contribution in [1.82, 2.24) is 24.5 Å². The van der Waals surface area contributed by atoms with E-state index >= 15 is 0 Å². The predicted molar refractivity (Wildman–Crippen MR) is 93.2 cm³/mol. The van der Waals surface area contributed by atoms with Gasteiger partial charge in [-0.05, 0) is 24.1 Å². The zero-order chi connectivity index (χ0) is 18.3. The Hall–Kier alpha value is -3.60. The van der Waals surface area contributed by atoms with Crippen LogP contribution in [0.2, 0.25) is 0 Å². The van der Waals surface area contributed by atoms with E-state index in [0.29, 0.717) is 11.5 Å². The molecule has 1 atom stereocenters. The van der Waals surface area contributed by atoms with Crippen LogP contribution in [0.3, 0.4) is 0 Å². The van der Waals surface area contributed by atoms with Crippen molar-refractivity contribution < 1.29 is 4.74 Å². The summed E-state index contributed by atoms with van der Waals surface area (Å²) in [6.45, 7) is 2.03. The zero-order valence-electron chi connectivity index (χ0n) is 14.4. The molecule has 130 valence electrons. The highest BCUT2D eigenvalue weighted by Crippen LogP contribution is 2.43. The average Bonchev–Trinajstić information content (AvgIpc) is 3.29. The molecule has 26 heavy (non-hydrogen) atoms. The molecular formula is C18H17N7O. The van der Waals surface area contributed by atoms with Gasteiger partial charge in [-0.15, -0.1) is 0 Å². The highest BCUT2D eigenvalue weighted by atomic mass is 16.5. The standard InChI is InChI=1S/C18H17N7O/c1-3-14-16-15(13(8-19)17(20)26-18(16)24(2)23-14)11-4-6-12(7-5-11)25-10-21-9-22-25/h4-7,9-10,15H,3,20H2,1-2H3. The van der Waals surface area contributed by atoms with Crippen molar-refractivity contribution in [2.24, 2.45) is 12.8 Å². The Kier molecular flexibility index (Phi) is 3.69. The Labute approximate surface area is 150 Å².